The third kappa shape index (κ3) is 10.4. The molecule has 2 heteroatoms. The number of rotatable bonds is 17. The van der Waals surface area contributed by atoms with Crippen LogP contribution in [0.1, 0.15) is 124 Å². The van der Waals surface area contributed by atoms with Crippen LogP contribution in [0.15, 0.2) is 48.5 Å². The minimum absolute atomic E-state index is 0.103. The maximum atomic E-state index is 4.92. The Morgan fingerprint density at radius 2 is 0.781 bits per heavy atom. The molecule has 0 aromatic heterocycles. The van der Waals surface area contributed by atoms with Crippen LogP contribution < -0.4 is 0 Å². The maximum absolute atomic E-state index is 4.92. The van der Waals surface area contributed by atoms with Gasteiger partial charge in [-0.3, -0.25) is 0 Å². The first-order valence-corrected chi connectivity index (χ1v) is 14.2. The molecule has 32 heavy (non-hydrogen) atoms. The van der Waals surface area contributed by atoms with Crippen LogP contribution in [0.5, 0.6) is 0 Å². The van der Waals surface area contributed by atoms with Gasteiger partial charge in [-0.1, -0.05) is 127 Å². The van der Waals surface area contributed by atoms with Crippen LogP contribution >= 0.6 is 25.3 Å². The highest BCUT2D eigenvalue weighted by molar-refractivity contribution is 7.84. The highest BCUT2D eigenvalue weighted by atomic mass is 32.1. The van der Waals surface area contributed by atoms with E-state index >= 15 is 0 Å². The lowest BCUT2D eigenvalue weighted by atomic mass is 9.98. The zero-order valence-corrected chi connectivity index (χ0v) is 22.4. The van der Waals surface area contributed by atoms with Crippen molar-refractivity contribution in [1.82, 2.24) is 0 Å². The lowest BCUT2D eigenvalue weighted by molar-refractivity contribution is 0.607. The first-order chi connectivity index (χ1) is 15.7. The Hall–Kier alpha value is -0.860. The van der Waals surface area contributed by atoms with E-state index in [4.69, 9.17) is 25.3 Å². The normalized spacial score (nSPS) is 13.2. The summed E-state index contributed by atoms with van der Waals surface area (Å²) in [6.45, 7) is 4.55. The molecule has 0 bridgehead atoms. The van der Waals surface area contributed by atoms with E-state index in [9.17, 15) is 0 Å². The molecule has 2 aromatic carbocycles. The van der Waals surface area contributed by atoms with Crippen molar-refractivity contribution in [2.75, 3.05) is 0 Å². The van der Waals surface area contributed by atoms with Crippen molar-refractivity contribution in [3.63, 3.8) is 0 Å². The van der Waals surface area contributed by atoms with E-state index in [1.165, 1.54) is 112 Å². The Kier molecular flexibility index (Phi) is 14.3. The van der Waals surface area contributed by atoms with Crippen LogP contribution in [0.3, 0.4) is 0 Å². The Morgan fingerprint density at radius 3 is 1.12 bits per heavy atom. The minimum Gasteiger partial charge on any atom is -0.170 e. The summed E-state index contributed by atoms with van der Waals surface area (Å²) in [5.74, 6) is 0. The molecule has 0 nitrogen and oxygen atoms in total. The molecule has 0 spiro atoms. The second-order valence-corrected chi connectivity index (χ2v) is 10.5. The largest absolute Gasteiger partial charge is 0.170 e. The van der Waals surface area contributed by atoms with Gasteiger partial charge in [0, 0.05) is 10.5 Å². The molecular weight excluding hydrogens is 424 g/mol. The molecule has 0 N–H and O–H groups in total. The molecular formula is C30H46S2. The Balaban J connectivity index is 1.76. The van der Waals surface area contributed by atoms with E-state index < -0.39 is 0 Å². The molecule has 0 aliphatic rings. The fraction of sp³-hybridized carbons (Fsp3) is 0.600. The number of hydrogen-bond acceptors (Lipinski definition) is 2. The molecule has 2 rings (SSSR count). The molecule has 178 valence electrons. The topological polar surface area (TPSA) is 0 Å². The van der Waals surface area contributed by atoms with E-state index in [1.807, 2.05) is 0 Å². The van der Waals surface area contributed by atoms with Gasteiger partial charge < -0.3 is 0 Å². The third-order valence-electron chi connectivity index (χ3n) is 6.58. The third-order valence-corrected chi connectivity index (χ3v) is 8.01. The predicted octanol–water partition coefficient (Wildman–Crippen LogP) is 10.1. The molecule has 2 aromatic rings. The van der Waals surface area contributed by atoms with Crippen molar-refractivity contribution in [1.29, 1.82) is 0 Å². The van der Waals surface area contributed by atoms with Gasteiger partial charge in [-0.05, 0) is 47.9 Å². The monoisotopic (exact) mass is 470 g/mol. The minimum atomic E-state index is 0.103. The van der Waals surface area contributed by atoms with Crippen molar-refractivity contribution < 1.29 is 0 Å². The summed E-state index contributed by atoms with van der Waals surface area (Å²) >= 11 is 9.85. The Bertz CT molecular complexity index is 641. The second kappa shape index (κ2) is 16.7. The quantitative estimate of drug-likeness (QED) is 0.167. The van der Waals surface area contributed by atoms with Gasteiger partial charge in [-0.15, -0.1) is 0 Å². The second-order valence-electron chi connectivity index (χ2n) is 9.41. The van der Waals surface area contributed by atoms with Crippen molar-refractivity contribution in [3.05, 3.63) is 70.8 Å². The van der Waals surface area contributed by atoms with E-state index in [1.54, 1.807) is 0 Å². The van der Waals surface area contributed by atoms with Gasteiger partial charge in [0.2, 0.25) is 0 Å². The van der Waals surface area contributed by atoms with Gasteiger partial charge in [0.25, 0.3) is 0 Å². The predicted molar refractivity (Wildman–Crippen MR) is 150 cm³/mol. The van der Waals surface area contributed by atoms with Crippen molar-refractivity contribution in [2.45, 2.75) is 114 Å². The van der Waals surface area contributed by atoms with Gasteiger partial charge in [-0.25, -0.2) is 0 Å². The zero-order valence-electron chi connectivity index (χ0n) is 20.6. The van der Waals surface area contributed by atoms with Crippen LogP contribution in [0.25, 0.3) is 0 Å². The summed E-state index contributed by atoms with van der Waals surface area (Å²) in [5.41, 5.74) is 5.41. The number of benzene rings is 2. The Labute approximate surface area is 209 Å². The summed E-state index contributed by atoms with van der Waals surface area (Å²) in [5, 5.41) is 0.205. The van der Waals surface area contributed by atoms with E-state index in [0.717, 1.165) is 0 Å². The fourth-order valence-electron chi connectivity index (χ4n) is 4.35. The van der Waals surface area contributed by atoms with Crippen LogP contribution in [0.2, 0.25) is 0 Å². The summed E-state index contributed by atoms with van der Waals surface area (Å²) in [6.07, 6.45) is 18.6. The zero-order chi connectivity index (χ0) is 23.0. The van der Waals surface area contributed by atoms with Gasteiger partial charge in [0.1, 0.15) is 0 Å². The van der Waals surface area contributed by atoms with Gasteiger partial charge in [-0.2, -0.15) is 25.3 Å². The Morgan fingerprint density at radius 1 is 0.469 bits per heavy atom. The number of thiol groups is 2. The number of unbranched alkanes of at least 4 members (excludes halogenated alkanes) is 10. The van der Waals surface area contributed by atoms with E-state index in [2.05, 4.69) is 62.4 Å². The van der Waals surface area contributed by atoms with Crippen molar-refractivity contribution >= 4 is 25.3 Å². The number of hydrogen-bond donors (Lipinski definition) is 2. The SMILES string of the molecule is CCCCCCCCc1ccc(C(S)C(S)c2ccc(CCCCCCCC)cc2)cc1. The molecule has 0 saturated heterocycles. The first-order valence-electron chi connectivity index (χ1n) is 13.2. The summed E-state index contributed by atoms with van der Waals surface area (Å²) in [4.78, 5) is 0. The van der Waals surface area contributed by atoms with Crippen LogP contribution in [-0.4, -0.2) is 0 Å². The molecule has 0 fully saturated rings. The van der Waals surface area contributed by atoms with Crippen LogP contribution in [0, 0.1) is 0 Å². The molecule has 0 radical (unpaired) electrons. The molecule has 0 aliphatic carbocycles. The summed E-state index contributed by atoms with van der Waals surface area (Å²) < 4.78 is 0. The lowest BCUT2D eigenvalue weighted by Crippen LogP contribution is -2.01. The highest BCUT2D eigenvalue weighted by Gasteiger charge is 2.18. The smallest absolute Gasteiger partial charge is 0.0424 e. The molecule has 2 unspecified atom stereocenters. The summed E-state index contributed by atoms with van der Waals surface area (Å²) in [6, 6.07) is 18.1. The van der Waals surface area contributed by atoms with Crippen LogP contribution in [-0.2, 0) is 12.8 Å². The summed E-state index contributed by atoms with van der Waals surface area (Å²) in [7, 11) is 0. The fourth-order valence-corrected chi connectivity index (χ4v) is 5.03. The van der Waals surface area contributed by atoms with E-state index in [-0.39, 0.29) is 10.5 Å². The average molecular weight is 471 g/mol. The average Bonchev–Trinajstić information content (AvgIpc) is 2.83. The molecule has 0 aliphatic heterocycles. The number of aryl methyl sites for hydroxylation is 2. The lowest BCUT2D eigenvalue weighted by Gasteiger charge is -2.20. The maximum Gasteiger partial charge on any atom is 0.0424 e. The van der Waals surface area contributed by atoms with Gasteiger partial charge in [0.05, 0.1) is 0 Å². The van der Waals surface area contributed by atoms with Crippen molar-refractivity contribution in [3.8, 4) is 0 Å². The molecule has 0 saturated carbocycles. The first kappa shape index (κ1) is 27.4. The van der Waals surface area contributed by atoms with E-state index in [0.29, 0.717) is 0 Å². The molecule has 0 heterocycles. The molecule has 2 atom stereocenters. The standard InChI is InChI=1S/C30H46S2/c1-3-5-7-9-11-13-15-25-17-21-27(22-18-25)29(31)30(32)28-23-19-26(20-24-28)16-14-12-10-8-6-4-2/h17-24,29-32H,3-16H2,1-2H3. The molecule has 0 amide bonds. The van der Waals surface area contributed by atoms with Gasteiger partial charge >= 0.3 is 0 Å². The highest BCUT2D eigenvalue weighted by Crippen LogP contribution is 2.39. The van der Waals surface area contributed by atoms with Gasteiger partial charge in [0.15, 0.2) is 0 Å². The van der Waals surface area contributed by atoms with Crippen molar-refractivity contribution in [2.24, 2.45) is 0 Å². The van der Waals surface area contributed by atoms with Crippen LogP contribution in [0.4, 0.5) is 0 Å².